The van der Waals surface area contributed by atoms with Crippen LogP contribution in [0, 0.1) is 5.82 Å². The molecule has 0 atom stereocenters. The van der Waals surface area contributed by atoms with E-state index in [0.717, 1.165) is 24.4 Å². The Morgan fingerprint density at radius 1 is 1.00 bits per heavy atom. The summed E-state index contributed by atoms with van der Waals surface area (Å²) in [6.45, 7) is 3.75. The predicted molar refractivity (Wildman–Crippen MR) is 100 cm³/mol. The second-order valence-electron chi connectivity index (χ2n) is 6.51. The van der Waals surface area contributed by atoms with Gasteiger partial charge in [-0.1, -0.05) is 0 Å². The SMILES string of the molecule is CC(C)Nc1cc(Nc2ccnc(C(F)(F)F)c2)nc(-c2cc(O)cc(F)c2)n1. The van der Waals surface area contributed by atoms with E-state index >= 15 is 0 Å². The Bertz CT molecular complexity index is 1000. The average Bonchev–Trinajstić information content (AvgIpc) is 2.59. The maximum Gasteiger partial charge on any atom is 0.433 e. The first-order chi connectivity index (χ1) is 13.6. The van der Waals surface area contributed by atoms with Crippen molar-refractivity contribution in [2.75, 3.05) is 10.6 Å². The molecule has 0 saturated carbocycles. The number of anilines is 3. The molecule has 10 heteroatoms. The minimum Gasteiger partial charge on any atom is -0.508 e. The molecule has 0 amide bonds. The molecule has 6 nitrogen and oxygen atoms in total. The quantitative estimate of drug-likeness (QED) is 0.518. The van der Waals surface area contributed by atoms with Crippen molar-refractivity contribution in [1.82, 2.24) is 15.0 Å². The van der Waals surface area contributed by atoms with Gasteiger partial charge in [-0.3, -0.25) is 4.98 Å². The number of nitrogens with zero attached hydrogens (tertiary/aromatic N) is 3. The molecule has 0 bridgehead atoms. The van der Waals surface area contributed by atoms with E-state index < -0.39 is 17.7 Å². The summed E-state index contributed by atoms with van der Waals surface area (Å²) >= 11 is 0. The Morgan fingerprint density at radius 3 is 2.38 bits per heavy atom. The summed E-state index contributed by atoms with van der Waals surface area (Å²) in [5.41, 5.74) is -0.717. The summed E-state index contributed by atoms with van der Waals surface area (Å²) in [7, 11) is 0. The lowest BCUT2D eigenvalue weighted by molar-refractivity contribution is -0.141. The van der Waals surface area contributed by atoms with Crippen LogP contribution in [0.3, 0.4) is 0 Å². The van der Waals surface area contributed by atoms with Crippen LogP contribution in [-0.2, 0) is 6.18 Å². The minimum atomic E-state index is -4.59. The molecule has 2 heterocycles. The third kappa shape index (κ3) is 5.31. The van der Waals surface area contributed by atoms with Gasteiger partial charge in [0, 0.05) is 35.6 Å². The van der Waals surface area contributed by atoms with Crippen molar-refractivity contribution in [3.8, 4) is 17.1 Å². The van der Waals surface area contributed by atoms with Crippen LogP contribution < -0.4 is 10.6 Å². The monoisotopic (exact) mass is 407 g/mol. The van der Waals surface area contributed by atoms with E-state index in [4.69, 9.17) is 0 Å². The molecule has 152 valence electrons. The van der Waals surface area contributed by atoms with Gasteiger partial charge in [0.1, 0.15) is 28.9 Å². The lowest BCUT2D eigenvalue weighted by Crippen LogP contribution is -2.12. The molecule has 3 N–H and O–H groups in total. The van der Waals surface area contributed by atoms with Crippen molar-refractivity contribution in [3.05, 3.63) is 54.1 Å². The Balaban J connectivity index is 2.02. The molecular weight excluding hydrogens is 390 g/mol. The third-order valence-corrected chi connectivity index (χ3v) is 3.63. The Kier molecular flexibility index (Phi) is 5.53. The number of hydrogen-bond acceptors (Lipinski definition) is 6. The fraction of sp³-hybridized carbons (Fsp3) is 0.211. The number of hydrogen-bond donors (Lipinski definition) is 3. The topological polar surface area (TPSA) is 83.0 Å². The highest BCUT2D eigenvalue weighted by molar-refractivity contribution is 5.66. The molecule has 0 aliphatic rings. The van der Waals surface area contributed by atoms with Crippen molar-refractivity contribution >= 4 is 17.3 Å². The molecule has 0 saturated heterocycles. The number of rotatable bonds is 5. The summed E-state index contributed by atoms with van der Waals surface area (Å²) < 4.78 is 52.3. The van der Waals surface area contributed by atoms with Gasteiger partial charge in [-0.05, 0) is 38.1 Å². The molecule has 0 unspecified atom stereocenters. The molecule has 1 aromatic carbocycles. The van der Waals surface area contributed by atoms with E-state index in [1.54, 1.807) is 0 Å². The van der Waals surface area contributed by atoms with E-state index in [2.05, 4.69) is 25.6 Å². The van der Waals surface area contributed by atoms with Crippen molar-refractivity contribution in [2.45, 2.75) is 26.1 Å². The summed E-state index contributed by atoms with van der Waals surface area (Å²) in [6, 6.07) is 7.10. The number of alkyl halides is 3. The van der Waals surface area contributed by atoms with Gasteiger partial charge >= 0.3 is 6.18 Å². The second-order valence-corrected chi connectivity index (χ2v) is 6.51. The van der Waals surface area contributed by atoms with E-state index in [1.165, 1.54) is 18.2 Å². The first-order valence-electron chi connectivity index (χ1n) is 8.56. The Labute approximate surface area is 163 Å². The van der Waals surface area contributed by atoms with Crippen LogP contribution >= 0.6 is 0 Å². The van der Waals surface area contributed by atoms with Crippen LogP contribution in [0.1, 0.15) is 19.5 Å². The van der Waals surface area contributed by atoms with Gasteiger partial charge in [-0.15, -0.1) is 0 Å². The lowest BCUT2D eigenvalue weighted by Gasteiger charge is -2.14. The maximum atomic E-state index is 13.7. The van der Waals surface area contributed by atoms with Crippen LogP contribution in [0.15, 0.2) is 42.6 Å². The van der Waals surface area contributed by atoms with Gasteiger partial charge in [-0.2, -0.15) is 13.2 Å². The molecule has 2 aromatic heterocycles. The number of halogens is 4. The van der Waals surface area contributed by atoms with E-state index in [0.29, 0.717) is 5.82 Å². The summed E-state index contributed by atoms with van der Waals surface area (Å²) in [5.74, 6) is -0.339. The average molecular weight is 407 g/mol. The second kappa shape index (κ2) is 7.90. The summed E-state index contributed by atoms with van der Waals surface area (Å²) in [6.07, 6.45) is -3.55. The number of phenols is 1. The van der Waals surface area contributed by atoms with Gasteiger partial charge in [0.2, 0.25) is 0 Å². The molecule has 29 heavy (non-hydrogen) atoms. The molecule has 3 aromatic rings. The number of aromatic nitrogens is 3. The van der Waals surface area contributed by atoms with Crippen LogP contribution in [0.2, 0.25) is 0 Å². The number of phenolic OH excluding ortho intramolecular Hbond substituents is 1. The molecule has 0 aliphatic carbocycles. The zero-order valence-corrected chi connectivity index (χ0v) is 15.4. The zero-order chi connectivity index (χ0) is 21.2. The van der Waals surface area contributed by atoms with Crippen LogP contribution in [-0.4, -0.2) is 26.1 Å². The fourth-order valence-electron chi connectivity index (χ4n) is 2.52. The summed E-state index contributed by atoms with van der Waals surface area (Å²) in [5, 5.41) is 15.5. The van der Waals surface area contributed by atoms with Gasteiger partial charge < -0.3 is 15.7 Å². The van der Waals surface area contributed by atoms with Gasteiger partial charge in [-0.25, -0.2) is 14.4 Å². The van der Waals surface area contributed by atoms with Crippen LogP contribution in [0.4, 0.5) is 34.9 Å². The molecular formula is C19H17F4N5O. The number of aromatic hydroxyl groups is 1. The smallest absolute Gasteiger partial charge is 0.433 e. The van der Waals surface area contributed by atoms with Crippen molar-refractivity contribution in [3.63, 3.8) is 0 Å². The standard InChI is InChI=1S/C19H17F4N5O/c1-10(2)25-16-9-17(26-13-3-4-24-15(8-13)19(21,22)23)28-18(27-16)11-5-12(20)7-14(29)6-11/h3-10,29H,1-2H3,(H2,24,25,26,27,28). The molecule has 0 aliphatic heterocycles. The number of benzene rings is 1. The normalized spacial score (nSPS) is 11.6. The van der Waals surface area contributed by atoms with Gasteiger partial charge in [0.25, 0.3) is 0 Å². The van der Waals surface area contributed by atoms with Crippen molar-refractivity contribution in [1.29, 1.82) is 0 Å². The molecule has 0 fully saturated rings. The number of nitrogens with one attached hydrogen (secondary N) is 2. The van der Waals surface area contributed by atoms with E-state index in [1.807, 2.05) is 13.8 Å². The number of pyridine rings is 1. The highest BCUT2D eigenvalue weighted by Gasteiger charge is 2.32. The first kappa shape index (κ1) is 20.3. The van der Waals surface area contributed by atoms with E-state index in [-0.39, 0.29) is 34.7 Å². The largest absolute Gasteiger partial charge is 0.508 e. The minimum absolute atomic E-state index is 0.00395. The van der Waals surface area contributed by atoms with Crippen LogP contribution in [0.5, 0.6) is 5.75 Å². The molecule has 3 rings (SSSR count). The van der Waals surface area contributed by atoms with Crippen molar-refractivity contribution < 1.29 is 22.7 Å². The van der Waals surface area contributed by atoms with Gasteiger partial charge in [0.05, 0.1) is 0 Å². The maximum absolute atomic E-state index is 13.7. The first-order valence-corrected chi connectivity index (χ1v) is 8.56. The molecule has 0 spiro atoms. The Hall–Kier alpha value is -3.43. The van der Waals surface area contributed by atoms with E-state index in [9.17, 15) is 22.7 Å². The zero-order valence-electron chi connectivity index (χ0n) is 15.4. The van der Waals surface area contributed by atoms with Gasteiger partial charge in [0.15, 0.2) is 5.82 Å². The highest BCUT2D eigenvalue weighted by Crippen LogP contribution is 2.30. The summed E-state index contributed by atoms with van der Waals surface area (Å²) in [4.78, 5) is 11.8. The molecule has 0 radical (unpaired) electrons. The fourth-order valence-corrected chi connectivity index (χ4v) is 2.52. The Morgan fingerprint density at radius 2 is 1.72 bits per heavy atom. The van der Waals surface area contributed by atoms with Crippen LogP contribution in [0.25, 0.3) is 11.4 Å². The van der Waals surface area contributed by atoms with Crippen molar-refractivity contribution in [2.24, 2.45) is 0 Å². The highest BCUT2D eigenvalue weighted by atomic mass is 19.4. The third-order valence-electron chi connectivity index (χ3n) is 3.63. The predicted octanol–water partition coefficient (Wildman–Crippen LogP) is 4.97. The lowest BCUT2D eigenvalue weighted by atomic mass is 10.2.